The molecule has 25 heavy (non-hydrogen) atoms. The van der Waals surface area contributed by atoms with Gasteiger partial charge in [0.25, 0.3) is 0 Å². The van der Waals surface area contributed by atoms with Crippen LogP contribution in [0.25, 0.3) is 25.7 Å². The molecule has 1 heteroatoms. The molecule has 0 N–H and O–H groups in total. The lowest BCUT2D eigenvalue weighted by Gasteiger charge is -2.11. The molecular formula is C24H26S. The van der Waals surface area contributed by atoms with Crippen molar-refractivity contribution in [3.8, 4) is 0 Å². The molecule has 0 radical (unpaired) electrons. The van der Waals surface area contributed by atoms with Crippen LogP contribution in [0.2, 0.25) is 0 Å². The van der Waals surface area contributed by atoms with Crippen molar-refractivity contribution in [3.63, 3.8) is 0 Å². The van der Waals surface area contributed by atoms with E-state index in [1.807, 2.05) is 11.3 Å². The fraction of sp³-hybridized carbons (Fsp3) is 0.250. The first-order chi connectivity index (χ1) is 12.0. The van der Waals surface area contributed by atoms with E-state index in [1.54, 1.807) is 0 Å². The van der Waals surface area contributed by atoms with Crippen molar-refractivity contribution in [1.29, 1.82) is 0 Å². The van der Waals surface area contributed by atoms with Crippen LogP contribution in [-0.2, 0) is 0 Å². The zero-order chi connectivity index (χ0) is 18.0. The quantitative estimate of drug-likeness (QED) is 0.331. The van der Waals surface area contributed by atoms with Gasteiger partial charge in [-0.1, -0.05) is 72.7 Å². The average Bonchev–Trinajstić information content (AvgIpc) is 2.99. The molecule has 0 saturated heterocycles. The second-order valence-electron chi connectivity index (χ2n) is 6.79. The molecule has 0 aliphatic carbocycles. The number of allylic oxidation sites excluding steroid dienone is 6. The van der Waals surface area contributed by atoms with E-state index in [2.05, 4.69) is 95.3 Å². The van der Waals surface area contributed by atoms with Crippen molar-refractivity contribution in [2.75, 3.05) is 0 Å². The summed E-state index contributed by atoms with van der Waals surface area (Å²) in [5.41, 5.74) is 5.48. The van der Waals surface area contributed by atoms with Crippen LogP contribution in [0, 0.1) is 5.92 Å². The van der Waals surface area contributed by atoms with E-state index in [9.17, 15) is 0 Å². The highest BCUT2D eigenvalue weighted by atomic mass is 32.1. The molecule has 3 rings (SSSR count). The van der Waals surface area contributed by atoms with Gasteiger partial charge in [0.1, 0.15) is 0 Å². The molecule has 128 valence electrons. The maximum absolute atomic E-state index is 2.34. The van der Waals surface area contributed by atoms with Gasteiger partial charge in [0.15, 0.2) is 0 Å². The molecule has 1 atom stereocenters. The smallest absolute Gasteiger partial charge is 0.0430 e. The predicted octanol–water partition coefficient (Wildman–Crippen LogP) is 8.01. The van der Waals surface area contributed by atoms with Gasteiger partial charge in [-0.05, 0) is 50.8 Å². The molecular weight excluding hydrogens is 320 g/mol. The minimum Gasteiger partial charge on any atom is -0.135 e. The molecule has 1 heterocycles. The van der Waals surface area contributed by atoms with Crippen LogP contribution in [0.1, 0.15) is 40.2 Å². The maximum atomic E-state index is 2.34. The van der Waals surface area contributed by atoms with E-state index in [0.717, 1.165) is 0 Å². The standard InChI is InChI=1S/C24H26S/c1-6-10-16(2)19(5)17(3)15-18(4)20-12-9-13-22-21-11-7-8-14-23(21)25-24(20)22/h6-16H,1-5H3. The molecule has 1 aromatic heterocycles. The molecule has 0 nitrogen and oxygen atoms in total. The summed E-state index contributed by atoms with van der Waals surface area (Å²) in [4.78, 5) is 0. The third-order valence-electron chi connectivity index (χ3n) is 5.05. The minimum absolute atomic E-state index is 0.481. The van der Waals surface area contributed by atoms with Gasteiger partial charge in [0.2, 0.25) is 0 Å². The molecule has 0 saturated carbocycles. The fourth-order valence-electron chi connectivity index (χ4n) is 3.37. The van der Waals surface area contributed by atoms with Crippen molar-refractivity contribution in [3.05, 3.63) is 77.4 Å². The van der Waals surface area contributed by atoms with Crippen molar-refractivity contribution in [2.45, 2.75) is 34.6 Å². The lowest BCUT2D eigenvalue weighted by Crippen LogP contribution is -1.94. The summed E-state index contributed by atoms with van der Waals surface area (Å²) in [5.74, 6) is 0.481. The van der Waals surface area contributed by atoms with Crippen molar-refractivity contribution >= 4 is 37.1 Å². The summed E-state index contributed by atoms with van der Waals surface area (Å²) in [6.45, 7) is 11.0. The van der Waals surface area contributed by atoms with Gasteiger partial charge >= 0.3 is 0 Å². The lowest BCUT2D eigenvalue weighted by molar-refractivity contribution is 0.849. The SMILES string of the molecule is CC=CC(C)C(C)=C(C)C=C(C)c1cccc2c1sc1ccccc12. The van der Waals surface area contributed by atoms with Gasteiger partial charge in [0.05, 0.1) is 0 Å². The van der Waals surface area contributed by atoms with Crippen LogP contribution in [0.3, 0.4) is 0 Å². The highest BCUT2D eigenvalue weighted by Crippen LogP contribution is 2.38. The van der Waals surface area contributed by atoms with Gasteiger partial charge in [-0.15, -0.1) is 11.3 Å². The Morgan fingerprint density at radius 3 is 2.44 bits per heavy atom. The molecule has 0 fully saturated rings. The number of fused-ring (bicyclic) bond motifs is 3. The molecule has 0 aliphatic rings. The highest BCUT2D eigenvalue weighted by Gasteiger charge is 2.10. The Labute approximate surface area is 155 Å². The van der Waals surface area contributed by atoms with Crippen LogP contribution < -0.4 is 0 Å². The summed E-state index contributed by atoms with van der Waals surface area (Å²) in [6.07, 6.45) is 6.74. The summed E-state index contributed by atoms with van der Waals surface area (Å²) in [5, 5.41) is 2.73. The minimum atomic E-state index is 0.481. The molecule has 0 bridgehead atoms. The third-order valence-corrected chi connectivity index (χ3v) is 6.27. The van der Waals surface area contributed by atoms with E-state index in [4.69, 9.17) is 0 Å². The van der Waals surface area contributed by atoms with E-state index < -0.39 is 0 Å². The molecule has 3 aromatic rings. The van der Waals surface area contributed by atoms with Gasteiger partial charge < -0.3 is 0 Å². The van der Waals surface area contributed by atoms with Gasteiger partial charge in [0, 0.05) is 20.2 Å². The topological polar surface area (TPSA) is 0 Å². The largest absolute Gasteiger partial charge is 0.135 e. The van der Waals surface area contributed by atoms with Crippen LogP contribution in [0.5, 0.6) is 0 Å². The van der Waals surface area contributed by atoms with E-state index in [1.165, 1.54) is 42.5 Å². The molecule has 1 unspecified atom stereocenters. The van der Waals surface area contributed by atoms with E-state index >= 15 is 0 Å². The first-order valence-corrected chi connectivity index (χ1v) is 9.73. The Hall–Kier alpha value is -2.12. The third kappa shape index (κ3) is 3.48. The molecule has 2 aromatic carbocycles. The van der Waals surface area contributed by atoms with Gasteiger partial charge in [-0.2, -0.15) is 0 Å². The Morgan fingerprint density at radius 1 is 0.960 bits per heavy atom. The van der Waals surface area contributed by atoms with Gasteiger partial charge in [-0.25, -0.2) is 0 Å². The molecule has 0 amide bonds. The maximum Gasteiger partial charge on any atom is 0.0430 e. The Bertz CT molecular complexity index is 995. The highest BCUT2D eigenvalue weighted by molar-refractivity contribution is 7.26. The normalized spacial score (nSPS) is 15.2. The van der Waals surface area contributed by atoms with Crippen LogP contribution in [0.4, 0.5) is 0 Å². The summed E-state index contributed by atoms with van der Waals surface area (Å²) in [7, 11) is 0. The second kappa shape index (κ2) is 7.41. The van der Waals surface area contributed by atoms with Crippen LogP contribution in [0.15, 0.2) is 71.8 Å². The number of hydrogen-bond acceptors (Lipinski definition) is 1. The number of benzene rings is 2. The zero-order valence-electron chi connectivity index (χ0n) is 15.8. The molecule has 0 aliphatic heterocycles. The van der Waals surface area contributed by atoms with Crippen molar-refractivity contribution < 1.29 is 0 Å². The summed E-state index contributed by atoms with van der Waals surface area (Å²) >= 11 is 1.90. The van der Waals surface area contributed by atoms with Crippen molar-refractivity contribution in [2.24, 2.45) is 5.92 Å². The van der Waals surface area contributed by atoms with Crippen LogP contribution in [-0.4, -0.2) is 0 Å². The second-order valence-corrected chi connectivity index (χ2v) is 7.84. The van der Waals surface area contributed by atoms with Crippen molar-refractivity contribution in [1.82, 2.24) is 0 Å². The Balaban J connectivity index is 2.11. The predicted molar refractivity (Wildman–Crippen MR) is 115 cm³/mol. The number of hydrogen-bond donors (Lipinski definition) is 0. The first-order valence-electron chi connectivity index (χ1n) is 8.92. The fourth-order valence-corrected chi connectivity index (χ4v) is 4.65. The zero-order valence-corrected chi connectivity index (χ0v) is 16.6. The van der Waals surface area contributed by atoms with E-state index in [0.29, 0.717) is 5.92 Å². The van der Waals surface area contributed by atoms with Crippen LogP contribution >= 0.6 is 11.3 Å². The lowest BCUT2D eigenvalue weighted by atomic mass is 9.95. The number of rotatable bonds is 4. The monoisotopic (exact) mass is 346 g/mol. The summed E-state index contributed by atoms with van der Waals surface area (Å²) in [6, 6.07) is 15.4. The van der Waals surface area contributed by atoms with E-state index in [-0.39, 0.29) is 0 Å². The molecule has 0 spiro atoms. The number of thiophene rings is 1. The Kier molecular flexibility index (Phi) is 5.24. The van der Waals surface area contributed by atoms with Gasteiger partial charge in [-0.3, -0.25) is 0 Å². The Morgan fingerprint density at radius 2 is 1.68 bits per heavy atom. The summed E-state index contributed by atoms with van der Waals surface area (Å²) < 4.78 is 2.76. The first kappa shape index (κ1) is 17.7. The average molecular weight is 347 g/mol.